The molecule has 2 heterocycles. The Morgan fingerprint density at radius 1 is 0.553 bits per heavy atom. The summed E-state index contributed by atoms with van der Waals surface area (Å²) >= 11 is 0. The second-order valence-corrected chi connectivity index (χ2v) is 18.3. The van der Waals surface area contributed by atoms with E-state index in [1.165, 1.54) is 42.4 Å². The van der Waals surface area contributed by atoms with Gasteiger partial charge in [-0.2, -0.15) is 0 Å². The Balaban J connectivity index is 0.000000185. The summed E-state index contributed by atoms with van der Waals surface area (Å²) in [5.41, 5.74) is 4.81. The fourth-order valence-corrected chi connectivity index (χ4v) is 6.00. The molecule has 0 unspecified atom stereocenters. The lowest BCUT2D eigenvalue weighted by atomic mass is 9.74. The maximum absolute atomic E-state index is 10.5. The molecule has 0 aromatic heterocycles. The largest absolute Gasteiger partial charge is 0.494 e. The van der Waals surface area contributed by atoms with Crippen molar-refractivity contribution in [2.24, 2.45) is 0 Å². The molecule has 0 spiro atoms. The first-order valence-electron chi connectivity index (χ1n) is 17.6. The lowest BCUT2D eigenvalue weighted by molar-refractivity contribution is 0.00578. The zero-order valence-electron chi connectivity index (χ0n) is 31.9. The fraction of sp³-hybridized carbons (Fsp3) is 0.692. The van der Waals surface area contributed by atoms with Gasteiger partial charge in [0.1, 0.15) is 0 Å². The zero-order valence-corrected chi connectivity index (χ0v) is 31.9. The van der Waals surface area contributed by atoms with Crippen molar-refractivity contribution in [1.29, 1.82) is 0 Å². The van der Waals surface area contributed by atoms with Gasteiger partial charge in [0.25, 0.3) is 0 Å². The molecule has 2 aromatic carbocycles. The summed E-state index contributed by atoms with van der Waals surface area (Å²) in [6.07, 6.45) is 4.88. The van der Waals surface area contributed by atoms with Crippen LogP contribution in [-0.4, -0.2) is 48.9 Å². The Hall–Kier alpha value is -1.67. The topological polar surface area (TPSA) is 66.4 Å². The highest BCUT2D eigenvalue weighted by Crippen LogP contribution is 2.49. The van der Waals surface area contributed by atoms with Gasteiger partial charge in [-0.3, -0.25) is 0 Å². The van der Waals surface area contributed by atoms with Crippen molar-refractivity contribution in [1.82, 2.24) is 0 Å². The van der Waals surface area contributed by atoms with Gasteiger partial charge in [-0.1, -0.05) is 50.2 Å². The first-order chi connectivity index (χ1) is 21.2. The standard InChI is InChI=1S/C20H31BO3.C19H29BO3/c1-17(2,22-8)14-11-15(20(7)9-10-20)13-16(12-14)21-23-18(3,4)19(5,6)24-21;1-16(2,21)13-10-14(19(7)8-9-19)12-15(11-13)20-22-17(3,4)18(5,6)23-20/h11-13H,9-10H2,1-8H3;10-12,21H,8-9H2,1-7H3. The lowest BCUT2D eigenvalue weighted by Crippen LogP contribution is -2.41. The van der Waals surface area contributed by atoms with Gasteiger partial charge in [-0.15, -0.1) is 0 Å². The number of ether oxygens (including phenoxy) is 1. The van der Waals surface area contributed by atoms with Crippen molar-refractivity contribution in [2.75, 3.05) is 7.11 Å². The molecule has 4 aliphatic rings. The number of aliphatic hydroxyl groups is 1. The molecule has 47 heavy (non-hydrogen) atoms. The SMILES string of the molecule is CC(C)(O)c1cc(B2OC(C)(C)C(C)(C)O2)cc(C2(C)CC2)c1.COC(C)(C)c1cc(B2OC(C)(C)C(C)(C)O2)cc(C2(C)CC2)c1. The summed E-state index contributed by atoms with van der Waals surface area (Å²) in [6.45, 7) is 29.1. The van der Waals surface area contributed by atoms with E-state index in [1.807, 2.05) is 19.9 Å². The summed E-state index contributed by atoms with van der Waals surface area (Å²) in [6, 6.07) is 13.1. The molecule has 2 saturated carbocycles. The van der Waals surface area contributed by atoms with Crippen LogP contribution < -0.4 is 10.9 Å². The van der Waals surface area contributed by atoms with Gasteiger partial charge in [0.2, 0.25) is 0 Å². The molecule has 258 valence electrons. The van der Waals surface area contributed by atoms with E-state index in [2.05, 4.69) is 113 Å². The van der Waals surface area contributed by atoms with E-state index >= 15 is 0 Å². The molecule has 4 fully saturated rings. The van der Waals surface area contributed by atoms with Crippen LogP contribution in [0, 0.1) is 0 Å². The molecule has 0 bridgehead atoms. The number of hydrogen-bond acceptors (Lipinski definition) is 6. The van der Waals surface area contributed by atoms with Crippen molar-refractivity contribution in [3.05, 3.63) is 58.7 Å². The summed E-state index contributed by atoms with van der Waals surface area (Å²) in [5, 5.41) is 10.5. The predicted octanol–water partition coefficient (Wildman–Crippen LogP) is 7.18. The van der Waals surface area contributed by atoms with Gasteiger partial charge in [0.05, 0.1) is 33.6 Å². The van der Waals surface area contributed by atoms with Crippen LogP contribution in [0.4, 0.5) is 0 Å². The van der Waals surface area contributed by atoms with E-state index in [-0.39, 0.29) is 53.1 Å². The van der Waals surface area contributed by atoms with Gasteiger partial charge in [-0.05, 0) is 153 Å². The van der Waals surface area contributed by atoms with E-state index in [1.54, 1.807) is 7.11 Å². The van der Waals surface area contributed by atoms with Gasteiger partial charge < -0.3 is 28.5 Å². The smallest absolute Gasteiger partial charge is 0.399 e. The molecule has 6 nitrogen and oxygen atoms in total. The van der Waals surface area contributed by atoms with Gasteiger partial charge in [0, 0.05) is 7.11 Å². The third-order valence-electron chi connectivity index (χ3n) is 12.3. The van der Waals surface area contributed by atoms with Crippen molar-refractivity contribution in [3.8, 4) is 0 Å². The number of methoxy groups -OCH3 is 1. The number of benzene rings is 2. The molecule has 2 aliphatic carbocycles. The average Bonchev–Trinajstić information content (AvgIpc) is 3.86. The molecular weight excluding hydrogens is 586 g/mol. The van der Waals surface area contributed by atoms with Crippen molar-refractivity contribution >= 4 is 25.2 Å². The van der Waals surface area contributed by atoms with Crippen molar-refractivity contribution in [3.63, 3.8) is 0 Å². The number of hydrogen-bond donors (Lipinski definition) is 1. The first kappa shape index (κ1) is 36.6. The molecule has 0 amide bonds. The summed E-state index contributed by atoms with van der Waals surface area (Å²) in [4.78, 5) is 0. The Morgan fingerprint density at radius 2 is 0.872 bits per heavy atom. The maximum atomic E-state index is 10.5. The molecule has 2 aliphatic heterocycles. The quantitative estimate of drug-likeness (QED) is 0.322. The van der Waals surface area contributed by atoms with Crippen LogP contribution in [0.1, 0.15) is 145 Å². The molecule has 8 heteroatoms. The highest BCUT2D eigenvalue weighted by molar-refractivity contribution is 6.62. The third kappa shape index (κ3) is 7.16. The van der Waals surface area contributed by atoms with Crippen molar-refractivity contribution < 1.29 is 28.5 Å². The van der Waals surface area contributed by atoms with E-state index in [0.717, 1.165) is 16.5 Å². The summed E-state index contributed by atoms with van der Waals surface area (Å²) in [7, 11) is 1.05. The van der Waals surface area contributed by atoms with Gasteiger partial charge in [-0.25, -0.2) is 0 Å². The zero-order chi connectivity index (χ0) is 35.2. The van der Waals surface area contributed by atoms with E-state index < -0.39 is 5.60 Å². The van der Waals surface area contributed by atoms with E-state index in [4.69, 9.17) is 23.4 Å². The van der Waals surface area contributed by atoms with Crippen LogP contribution in [0.2, 0.25) is 0 Å². The minimum absolute atomic E-state index is 0.236. The molecule has 0 atom stereocenters. The molecule has 6 rings (SSSR count). The first-order valence-corrected chi connectivity index (χ1v) is 17.6. The maximum Gasteiger partial charge on any atom is 0.494 e. The van der Waals surface area contributed by atoms with Crippen LogP contribution >= 0.6 is 0 Å². The van der Waals surface area contributed by atoms with E-state index in [0.29, 0.717) is 0 Å². The normalized spacial score (nSPS) is 24.5. The van der Waals surface area contributed by atoms with Crippen LogP contribution in [0.25, 0.3) is 0 Å². The fourth-order valence-electron chi connectivity index (χ4n) is 6.00. The van der Waals surface area contributed by atoms with Crippen LogP contribution in [0.3, 0.4) is 0 Å². The lowest BCUT2D eigenvalue weighted by Gasteiger charge is -2.32. The minimum Gasteiger partial charge on any atom is -0.399 e. The predicted molar refractivity (Wildman–Crippen MR) is 193 cm³/mol. The minimum atomic E-state index is -0.875. The van der Waals surface area contributed by atoms with Crippen molar-refractivity contribution in [2.45, 2.75) is 167 Å². The second-order valence-electron chi connectivity index (χ2n) is 18.3. The number of rotatable bonds is 7. The molecule has 1 N–H and O–H groups in total. The molecular formula is C39H60B2O6. The summed E-state index contributed by atoms with van der Waals surface area (Å²) in [5.74, 6) is 0. The molecule has 2 saturated heterocycles. The monoisotopic (exact) mass is 646 g/mol. The van der Waals surface area contributed by atoms with Gasteiger partial charge in [0.15, 0.2) is 0 Å². The Morgan fingerprint density at radius 3 is 1.17 bits per heavy atom. The van der Waals surface area contributed by atoms with E-state index in [9.17, 15) is 5.11 Å². The van der Waals surface area contributed by atoms with Crippen LogP contribution in [0.5, 0.6) is 0 Å². The Bertz CT molecular complexity index is 1440. The van der Waals surface area contributed by atoms with Crippen LogP contribution in [0.15, 0.2) is 36.4 Å². The molecule has 2 aromatic rings. The van der Waals surface area contributed by atoms with Crippen LogP contribution in [-0.2, 0) is 45.4 Å². The summed E-state index contributed by atoms with van der Waals surface area (Å²) < 4.78 is 30.7. The third-order valence-corrected chi connectivity index (χ3v) is 12.3. The average molecular weight is 647 g/mol. The van der Waals surface area contributed by atoms with Gasteiger partial charge >= 0.3 is 14.2 Å². The highest BCUT2D eigenvalue weighted by atomic mass is 16.7. The molecule has 0 radical (unpaired) electrons. The Kier molecular flexibility index (Phi) is 8.90. The Labute approximate surface area is 285 Å². The highest BCUT2D eigenvalue weighted by Gasteiger charge is 2.53. The second kappa shape index (κ2) is 11.4.